The largest absolute Gasteiger partial charge is 0.288 e. The molecule has 1 heterocycles. The Labute approximate surface area is 122 Å². The van der Waals surface area contributed by atoms with Crippen LogP contribution in [0.5, 0.6) is 0 Å². The number of halogens is 1. The van der Waals surface area contributed by atoms with Crippen LogP contribution >= 0.6 is 11.6 Å². The zero-order valence-corrected chi connectivity index (χ0v) is 12.3. The average Bonchev–Trinajstić information content (AvgIpc) is 2.72. The number of guanidine groups is 1. The van der Waals surface area contributed by atoms with Crippen molar-refractivity contribution >= 4 is 33.8 Å². The molecule has 1 aromatic rings. The fourth-order valence-electron chi connectivity index (χ4n) is 1.56. The van der Waals surface area contributed by atoms with E-state index in [2.05, 4.69) is 16.3 Å². The summed E-state index contributed by atoms with van der Waals surface area (Å²) in [5, 5.41) is 0.460. The number of hydrogen-bond acceptors (Lipinski definition) is 3. The molecule has 0 saturated carbocycles. The number of benzene rings is 1. The zero-order valence-electron chi connectivity index (χ0n) is 10.7. The molecule has 0 fully saturated rings. The minimum absolute atomic E-state index is 0.0627. The third kappa shape index (κ3) is 2.97. The van der Waals surface area contributed by atoms with Gasteiger partial charge in [-0.05, 0) is 31.2 Å². The number of sulfonamides is 1. The molecule has 0 unspecified atom stereocenters. The Morgan fingerprint density at radius 2 is 2.00 bits per heavy atom. The van der Waals surface area contributed by atoms with Crippen molar-refractivity contribution in [2.75, 3.05) is 0 Å². The fourth-order valence-corrected chi connectivity index (χ4v) is 2.62. The number of rotatable bonds is 3. The molecular weight excluding hydrogens is 298 g/mol. The van der Waals surface area contributed by atoms with Gasteiger partial charge in [0.05, 0.1) is 11.1 Å². The highest BCUT2D eigenvalue weighted by Gasteiger charge is 2.22. The Kier molecular flexibility index (Phi) is 4.06. The maximum Gasteiger partial charge on any atom is 0.285 e. The molecule has 0 aliphatic carbocycles. The van der Waals surface area contributed by atoms with Crippen molar-refractivity contribution in [3.63, 3.8) is 0 Å². The molecule has 1 aliphatic rings. The Morgan fingerprint density at radius 1 is 1.35 bits per heavy atom. The minimum atomic E-state index is -3.83. The van der Waals surface area contributed by atoms with Gasteiger partial charge in [-0.25, -0.2) is 4.99 Å². The molecule has 1 aliphatic heterocycles. The van der Waals surface area contributed by atoms with Gasteiger partial charge in [0.25, 0.3) is 10.0 Å². The second-order valence-electron chi connectivity index (χ2n) is 3.97. The van der Waals surface area contributed by atoms with Crippen molar-refractivity contribution in [1.29, 1.82) is 0 Å². The Bertz CT molecular complexity index is 731. The van der Waals surface area contributed by atoms with E-state index < -0.39 is 10.0 Å². The van der Waals surface area contributed by atoms with E-state index in [0.29, 0.717) is 5.02 Å². The van der Waals surface area contributed by atoms with Gasteiger partial charge >= 0.3 is 0 Å². The summed E-state index contributed by atoms with van der Waals surface area (Å²) in [6.45, 7) is 5.36. The highest BCUT2D eigenvalue weighted by molar-refractivity contribution is 7.94. The smallest absolute Gasteiger partial charge is 0.285 e. The van der Waals surface area contributed by atoms with E-state index in [0.717, 1.165) is 5.70 Å². The lowest BCUT2D eigenvalue weighted by Crippen LogP contribution is -2.18. The number of hydrogen-bond donors (Lipinski definition) is 0. The fraction of sp³-hybridized carbons (Fsp3) is 0.0769. The van der Waals surface area contributed by atoms with Gasteiger partial charge in [0, 0.05) is 16.9 Å². The lowest BCUT2D eigenvalue weighted by molar-refractivity contribution is -0.335. The predicted octanol–water partition coefficient (Wildman–Crippen LogP) is 2.90. The molecule has 0 saturated heterocycles. The lowest BCUT2D eigenvalue weighted by Gasteiger charge is -2.10. The summed E-state index contributed by atoms with van der Waals surface area (Å²) in [7, 11) is -3.83. The average molecular weight is 310 g/mol. The Balaban J connectivity index is 2.28. The van der Waals surface area contributed by atoms with Crippen LogP contribution in [0.1, 0.15) is 6.92 Å². The van der Waals surface area contributed by atoms with Crippen molar-refractivity contribution < 1.29 is 13.0 Å². The Morgan fingerprint density at radius 3 is 2.60 bits per heavy atom. The molecule has 0 aromatic heterocycles. The third-order valence-corrected chi connectivity index (χ3v) is 4.05. The van der Waals surface area contributed by atoms with Crippen LogP contribution in [-0.2, 0) is 10.0 Å². The van der Waals surface area contributed by atoms with Crippen LogP contribution in [0.25, 0.3) is 4.72 Å². The van der Waals surface area contributed by atoms with Crippen LogP contribution in [0.3, 0.4) is 0 Å². The normalized spacial score (nSPS) is 16.8. The SMILES string of the molecule is C=C/C=[N+]1\C(C)=CN=C1[N-]S(=O)(=O)c1ccc(Cl)cc1. The highest BCUT2D eigenvalue weighted by Crippen LogP contribution is 2.22. The summed E-state index contributed by atoms with van der Waals surface area (Å²) in [6, 6.07) is 5.80. The van der Waals surface area contributed by atoms with E-state index in [9.17, 15) is 8.42 Å². The third-order valence-electron chi connectivity index (χ3n) is 2.53. The van der Waals surface area contributed by atoms with Gasteiger partial charge in [0.15, 0.2) is 0 Å². The molecule has 1 aromatic carbocycles. The first-order chi connectivity index (χ1) is 9.44. The van der Waals surface area contributed by atoms with Crippen LogP contribution in [0.2, 0.25) is 5.02 Å². The van der Waals surface area contributed by atoms with Gasteiger partial charge in [-0.3, -0.25) is 4.58 Å². The molecule has 0 atom stereocenters. The van der Waals surface area contributed by atoms with Gasteiger partial charge < -0.3 is 0 Å². The number of allylic oxidation sites excluding steroid dienone is 2. The van der Waals surface area contributed by atoms with E-state index in [-0.39, 0.29) is 10.9 Å². The summed E-state index contributed by atoms with van der Waals surface area (Å²) < 4.78 is 29.6. The minimum Gasteiger partial charge on any atom is -0.288 e. The molecule has 2 rings (SSSR count). The molecule has 0 bridgehead atoms. The summed E-state index contributed by atoms with van der Waals surface area (Å²) in [6.07, 6.45) is 4.66. The molecule has 5 nitrogen and oxygen atoms in total. The second-order valence-corrected chi connectivity index (χ2v) is 6.02. The summed E-state index contributed by atoms with van der Waals surface area (Å²) in [5.41, 5.74) is 0.759. The molecule has 0 spiro atoms. The summed E-state index contributed by atoms with van der Waals surface area (Å²) in [4.78, 5) is 4.04. The molecule has 0 radical (unpaired) electrons. The molecule has 20 heavy (non-hydrogen) atoms. The van der Waals surface area contributed by atoms with Crippen LogP contribution in [-0.4, -0.2) is 25.2 Å². The first kappa shape index (κ1) is 14.5. The van der Waals surface area contributed by atoms with E-state index in [4.69, 9.17) is 11.6 Å². The van der Waals surface area contributed by atoms with Crippen molar-refractivity contribution in [3.8, 4) is 0 Å². The van der Waals surface area contributed by atoms with E-state index in [1.807, 2.05) is 0 Å². The summed E-state index contributed by atoms with van der Waals surface area (Å²) in [5.74, 6) is 0.0809. The highest BCUT2D eigenvalue weighted by atomic mass is 35.5. The molecule has 104 valence electrons. The lowest BCUT2D eigenvalue weighted by atomic mass is 10.4. The van der Waals surface area contributed by atoms with Crippen molar-refractivity contribution in [1.82, 2.24) is 0 Å². The van der Waals surface area contributed by atoms with Crippen LogP contribution in [0, 0.1) is 0 Å². The van der Waals surface area contributed by atoms with Crippen LogP contribution in [0.15, 0.2) is 58.7 Å². The van der Waals surface area contributed by atoms with Crippen molar-refractivity contribution in [2.24, 2.45) is 4.99 Å². The van der Waals surface area contributed by atoms with Crippen molar-refractivity contribution in [3.05, 3.63) is 58.6 Å². The van der Waals surface area contributed by atoms with Gasteiger partial charge in [0.1, 0.15) is 0 Å². The first-order valence-electron chi connectivity index (χ1n) is 5.67. The molecule has 0 amide bonds. The summed E-state index contributed by atoms with van der Waals surface area (Å²) >= 11 is 5.73. The number of aliphatic imine (C=N–C) groups is 1. The van der Waals surface area contributed by atoms with Crippen LogP contribution in [0.4, 0.5) is 0 Å². The van der Waals surface area contributed by atoms with Gasteiger partial charge in [-0.15, -0.1) is 4.72 Å². The maximum atomic E-state index is 12.2. The first-order valence-corrected chi connectivity index (χ1v) is 7.49. The molecule has 0 N–H and O–H groups in total. The van der Waals surface area contributed by atoms with Gasteiger partial charge in [-0.1, -0.05) is 24.3 Å². The standard InChI is InChI=1S/C13H12ClN3O2S/c1-3-8-17-10(2)9-15-13(17)16-20(18,19)12-6-4-11(14)5-7-12/h3-9H,1H2,2H3/b17-8+. The number of nitrogens with zero attached hydrogens (tertiary/aromatic N) is 3. The van der Waals surface area contributed by atoms with E-state index in [1.165, 1.54) is 36.5 Å². The molecular formula is C13H12ClN3O2S. The van der Waals surface area contributed by atoms with Gasteiger partial charge in [0.2, 0.25) is 5.96 Å². The van der Waals surface area contributed by atoms with Gasteiger partial charge in [-0.2, -0.15) is 8.42 Å². The van der Waals surface area contributed by atoms with E-state index in [1.54, 1.807) is 17.7 Å². The molecule has 7 heteroatoms. The maximum absolute atomic E-state index is 12.2. The monoisotopic (exact) mass is 309 g/mol. The van der Waals surface area contributed by atoms with Crippen LogP contribution < -0.4 is 0 Å². The topological polar surface area (TPSA) is 63.6 Å². The van der Waals surface area contributed by atoms with Crippen molar-refractivity contribution in [2.45, 2.75) is 11.8 Å². The Hall–Kier alpha value is -1.92. The zero-order chi connectivity index (χ0) is 14.8. The second kappa shape index (κ2) is 5.60. The van der Waals surface area contributed by atoms with E-state index >= 15 is 0 Å². The predicted molar refractivity (Wildman–Crippen MR) is 79.7 cm³/mol. The quantitative estimate of drug-likeness (QED) is 0.806.